The molecular formula is C57H39N9O9. The van der Waals surface area contributed by atoms with E-state index in [9.17, 15) is 14.4 Å². The zero-order valence-electron chi connectivity index (χ0n) is 39.1. The largest absolute Gasteiger partial charge is 0.445 e. The minimum absolute atomic E-state index is 0.337. The fraction of sp³-hybridized carbons (Fsp3) is 0.105. The highest BCUT2D eigenvalue weighted by atomic mass is 16.6. The summed E-state index contributed by atoms with van der Waals surface area (Å²) in [6.45, 7) is 0. The smallest absolute Gasteiger partial charge is 0.408 e. The van der Waals surface area contributed by atoms with E-state index in [1.54, 1.807) is 37.2 Å². The maximum atomic E-state index is 11.7. The summed E-state index contributed by atoms with van der Waals surface area (Å²) in [5.41, 5.74) is 7.31. The maximum Gasteiger partial charge on any atom is 0.408 e. The Morgan fingerprint density at radius 1 is 0.360 bits per heavy atom. The molecule has 0 unspecified atom stereocenters. The lowest BCUT2D eigenvalue weighted by molar-refractivity contribution is 0.113. The van der Waals surface area contributed by atoms with Crippen molar-refractivity contribution in [2.45, 2.75) is 36.4 Å². The third-order valence-electron chi connectivity index (χ3n) is 11.2. The molecule has 0 radical (unpaired) electrons. The molecule has 366 valence electrons. The summed E-state index contributed by atoms with van der Waals surface area (Å²) in [6.07, 6.45) is 15.4. The zero-order chi connectivity index (χ0) is 51.2. The minimum atomic E-state index is -0.637. The standard InChI is InChI=1S/3C19H13N3O3/c3*23-19-22-16(17(25-19)18-21-8-9-24-18)15-10-14(11-20-12-15)7-6-13-4-2-1-3-5-13/h3*1-5,8-12,16-17H,(H,22,23)/t2*16-,17+;16-,17-/m101/s1. The van der Waals surface area contributed by atoms with Gasteiger partial charge >= 0.3 is 18.3 Å². The first-order valence-corrected chi connectivity index (χ1v) is 23.0. The molecule has 6 atom stereocenters. The molecule has 6 aromatic heterocycles. The number of nitrogens with zero attached hydrogens (tertiary/aromatic N) is 6. The number of hydrogen-bond donors (Lipinski definition) is 3. The van der Waals surface area contributed by atoms with E-state index in [0.717, 1.165) is 50.1 Å². The van der Waals surface area contributed by atoms with Crippen LogP contribution in [0.5, 0.6) is 0 Å². The summed E-state index contributed by atoms with van der Waals surface area (Å²) in [5, 5.41) is 8.28. The van der Waals surface area contributed by atoms with E-state index in [-0.39, 0.29) is 0 Å². The monoisotopic (exact) mass is 993 g/mol. The lowest BCUT2D eigenvalue weighted by atomic mass is 10.0. The van der Waals surface area contributed by atoms with Crippen molar-refractivity contribution < 1.29 is 41.8 Å². The molecule has 9 heterocycles. The summed E-state index contributed by atoms with van der Waals surface area (Å²) in [7, 11) is 0. The van der Waals surface area contributed by atoms with E-state index >= 15 is 0 Å². The van der Waals surface area contributed by atoms with Crippen molar-refractivity contribution >= 4 is 18.3 Å². The quantitative estimate of drug-likeness (QED) is 0.104. The number of carbonyl (C=O) groups is 3. The number of carbonyl (C=O) groups excluding carboxylic acids is 3. The summed E-state index contributed by atoms with van der Waals surface area (Å²) in [4.78, 5) is 59.9. The van der Waals surface area contributed by atoms with Gasteiger partial charge in [-0.3, -0.25) is 15.0 Å². The number of oxazole rings is 3. The third-order valence-corrected chi connectivity index (χ3v) is 11.2. The molecule has 3 aromatic carbocycles. The SMILES string of the molecule is O=C1N[C@@H](c2cncc(C#Cc3ccccc3)c2)[C@H](c2ncco2)O1.O=C1N[C@H](c2cncc(C#Cc3ccccc3)c2)[C@@H](c2ncco2)O1.O=C1N[C@H](c2cncc(C#Cc3ccccc3)c2)[C@H](c2ncco2)O1. The van der Waals surface area contributed by atoms with E-state index < -0.39 is 54.7 Å². The van der Waals surface area contributed by atoms with E-state index in [4.69, 9.17) is 27.5 Å². The number of benzene rings is 3. The minimum Gasteiger partial charge on any atom is -0.445 e. The van der Waals surface area contributed by atoms with Crippen molar-refractivity contribution in [3.63, 3.8) is 0 Å². The van der Waals surface area contributed by atoms with Gasteiger partial charge in [-0.1, -0.05) is 90.1 Å². The average Bonchev–Trinajstić information content (AvgIpc) is 4.34. The van der Waals surface area contributed by atoms with E-state index in [0.29, 0.717) is 17.7 Å². The van der Waals surface area contributed by atoms with Crippen LogP contribution in [-0.4, -0.2) is 48.2 Å². The summed E-state index contributed by atoms with van der Waals surface area (Å²) in [5.74, 6) is 19.5. The Kier molecular flexibility index (Phi) is 14.7. The molecule has 3 saturated heterocycles. The van der Waals surface area contributed by atoms with Crippen LogP contribution in [0.3, 0.4) is 0 Å². The topological polar surface area (TPSA) is 232 Å². The Bertz CT molecular complexity index is 3210. The van der Waals surface area contributed by atoms with Crippen molar-refractivity contribution in [2.75, 3.05) is 0 Å². The molecule has 18 nitrogen and oxygen atoms in total. The highest BCUT2D eigenvalue weighted by Gasteiger charge is 2.42. The molecule has 75 heavy (non-hydrogen) atoms. The van der Waals surface area contributed by atoms with E-state index in [1.165, 1.54) is 37.4 Å². The predicted octanol–water partition coefficient (Wildman–Crippen LogP) is 8.97. The number of nitrogens with one attached hydrogen (secondary N) is 3. The highest BCUT2D eigenvalue weighted by Crippen LogP contribution is 2.38. The van der Waals surface area contributed by atoms with Gasteiger partial charge in [-0.2, -0.15) is 0 Å². The summed E-state index contributed by atoms with van der Waals surface area (Å²) < 4.78 is 31.6. The molecule has 3 amide bonds. The van der Waals surface area contributed by atoms with Crippen LogP contribution < -0.4 is 16.0 Å². The van der Waals surface area contributed by atoms with Crippen LogP contribution in [0.2, 0.25) is 0 Å². The first-order chi connectivity index (χ1) is 36.9. The van der Waals surface area contributed by atoms with Crippen LogP contribution in [0, 0.1) is 35.5 Å². The first-order valence-electron chi connectivity index (χ1n) is 23.0. The van der Waals surface area contributed by atoms with Crippen LogP contribution in [0.1, 0.15) is 104 Å². The molecule has 12 rings (SSSR count). The van der Waals surface area contributed by atoms with Crippen molar-refractivity contribution in [3.8, 4) is 35.5 Å². The molecule has 0 aliphatic carbocycles. The average molecular weight is 994 g/mol. The highest BCUT2D eigenvalue weighted by molar-refractivity contribution is 5.72. The number of alkyl carbamates (subject to hydrolysis) is 3. The Labute approximate surface area is 428 Å². The van der Waals surface area contributed by atoms with Gasteiger partial charge in [-0.15, -0.1) is 0 Å². The third kappa shape index (κ3) is 12.2. The maximum absolute atomic E-state index is 11.7. The molecule has 0 saturated carbocycles. The van der Waals surface area contributed by atoms with Gasteiger partial charge in [0.25, 0.3) is 0 Å². The van der Waals surface area contributed by atoms with Gasteiger partial charge in [0.2, 0.25) is 36.0 Å². The van der Waals surface area contributed by atoms with E-state index in [2.05, 4.69) is 81.4 Å². The van der Waals surface area contributed by atoms with Crippen molar-refractivity contribution in [2.24, 2.45) is 0 Å². The van der Waals surface area contributed by atoms with Gasteiger partial charge in [0.05, 0.1) is 18.6 Å². The van der Waals surface area contributed by atoms with Gasteiger partial charge in [0.1, 0.15) is 36.9 Å². The Hall–Kier alpha value is -10.8. The van der Waals surface area contributed by atoms with Gasteiger partial charge in [0, 0.05) is 70.6 Å². The fourth-order valence-corrected chi connectivity index (χ4v) is 7.82. The predicted molar refractivity (Wildman–Crippen MR) is 265 cm³/mol. The zero-order valence-corrected chi connectivity index (χ0v) is 39.1. The Morgan fingerprint density at radius 2 is 0.640 bits per heavy atom. The van der Waals surface area contributed by atoms with Crippen LogP contribution in [0.25, 0.3) is 0 Å². The van der Waals surface area contributed by atoms with Gasteiger partial charge in [-0.05, 0) is 71.3 Å². The first kappa shape index (κ1) is 47.9. The van der Waals surface area contributed by atoms with E-state index in [1.807, 2.05) is 109 Å². The lowest BCUT2D eigenvalue weighted by Crippen LogP contribution is -2.20. The number of amides is 3. The second kappa shape index (κ2) is 23.0. The van der Waals surface area contributed by atoms with Gasteiger partial charge in [0.15, 0.2) is 0 Å². The Balaban J connectivity index is 0.000000128. The molecule has 3 fully saturated rings. The normalized spacial score (nSPS) is 18.8. The summed E-state index contributed by atoms with van der Waals surface area (Å²) in [6, 6.07) is 33.4. The summed E-state index contributed by atoms with van der Waals surface area (Å²) >= 11 is 0. The van der Waals surface area contributed by atoms with Crippen molar-refractivity contribution in [1.29, 1.82) is 0 Å². The van der Waals surface area contributed by atoms with Crippen LogP contribution in [0.4, 0.5) is 14.4 Å². The molecular weight excluding hydrogens is 955 g/mol. The fourth-order valence-electron chi connectivity index (χ4n) is 7.82. The van der Waals surface area contributed by atoms with Crippen LogP contribution in [-0.2, 0) is 14.2 Å². The lowest BCUT2D eigenvalue weighted by Gasteiger charge is -2.14. The number of ether oxygens (including phenoxy) is 3. The second-order valence-corrected chi connectivity index (χ2v) is 16.3. The molecule has 0 bridgehead atoms. The molecule has 3 aliphatic heterocycles. The number of aromatic nitrogens is 6. The molecule has 3 N–H and O–H groups in total. The Morgan fingerprint density at radius 3 is 0.907 bits per heavy atom. The number of pyridine rings is 3. The number of rotatable bonds is 6. The number of cyclic esters (lactones) is 3. The van der Waals surface area contributed by atoms with Crippen LogP contribution >= 0.6 is 0 Å². The second-order valence-electron chi connectivity index (χ2n) is 16.3. The number of hydrogen-bond acceptors (Lipinski definition) is 15. The van der Waals surface area contributed by atoms with Gasteiger partial charge < -0.3 is 43.4 Å². The molecule has 0 spiro atoms. The van der Waals surface area contributed by atoms with Crippen molar-refractivity contribution in [3.05, 3.63) is 251 Å². The van der Waals surface area contributed by atoms with Crippen molar-refractivity contribution in [1.82, 2.24) is 45.9 Å². The molecule has 18 heteroatoms. The molecule has 9 aromatic rings. The van der Waals surface area contributed by atoms with Gasteiger partial charge in [-0.25, -0.2) is 29.3 Å². The van der Waals surface area contributed by atoms with Crippen LogP contribution in [0.15, 0.2) is 197 Å². The molecule has 3 aliphatic rings.